The van der Waals surface area contributed by atoms with Crippen LogP contribution in [0.2, 0.25) is 10.0 Å². The number of para-hydroxylation sites is 1. The predicted molar refractivity (Wildman–Crippen MR) is 157 cm³/mol. The lowest BCUT2D eigenvalue weighted by atomic mass is 10.2. The van der Waals surface area contributed by atoms with Crippen molar-refractivity contribution in [1.82, 2.24) is 19.7 Å². The van der Waals surface area contributed by atoms with E-state index >= 15 is 0 Å². The number of aromatic nitrogens is 3. The maximum Gasteiger partial charge on any atom is 0.424 e. The maximum atomic E-state index is 14.7. The molecular weight excluding hydrogens is 576 g/mol. The molecule has 2 heterocycles. The minimum atomic E-state index is -1.02. The van der Waals surface area contributed by atoms with E-state index in [-0.39, 0.29) is 28.2 Å². The second-order valence-corrected chi connectivity index (χ2v) is 11.4. The number of carbonyl (C=O) groups excluding carboxylic acids is 2. The number of allylic oxidation sites excluding steroid dienone is 1. The van der Waals surface area contributed by atoms with Crippen molar-refractivity contribution in [2.45, 2.75) is 52.7 Å². The molecule has 2 aromatic heterocycles. The van der Waals surface area contributed by atoms with Gasteiger partial charge < -0.3 is 20.5 Å². The van der Waals surface area contributed by atoms with Gasteiger partial charge in [0.2, 0.25) is 0 Å². The van der Waals surface area contributed by atoms with Gasteiger partial charge in [-0.05, 0) is 53.7 Å². The summed E-state index contributed by atoms with van der Waals surface area (Å²) in [5.74, 6) is -0.606. The molecule has 0 saturated carbocycles. The highest BCUT2D eigenvalue weighted by Crippen LogP contribution is 2.31. The summed E-state index contributed by atoms with van der Waals surface area (Å²) in [6.45, 7) is 13.7. The normalized spacial score (nSPS) is 12.5. The van der Waals surface area contributed by atoms with E-state index in [9.17, 15) is 14.0 Å². The van der Waals surface area contributed by atoms with Crippen LogP contribution in [0.4, 0.5) is 19.8 Å². The number of imide groups is 1. The second-order valence-electron chi connectivity index (χ2n) is 10.6. The molecule has 0 bridgehead atoms. The van der Waals surface area contributed by atoms with Crippen LogP contribution in [0.5, 0.6) is 0 Å². The molecule has 14 heteroatoms. The van der Waals surface area contributed by atoms with Gasteiger partial charge in [-0.25, -0.2) is 28.6 Å². The van der Waals surface area contributed by atoms with Gasteiger partial charge in [-0.3, -0.25) is 0 Å². The number of nitrogens with one attached hydrogen (secondary N) is 1. The van der Waals surface area contributed by atoms with Gasteiger partial charge in [-0.1, -0.05) is 35.8 Å². The Balaban J connectivity index is 2.05. The lowest BCUT2D eigenvalue weighted by Gasteiger charge is -2.28. The fourth-order valence-electron chi connectivity index (χ4n) is 3.35. The minimum Gasteiger partial charge on any atom is -0.443 e. The average Bonchev–Trinajstić information content (AvgIpc) is 3.24. The molecule has 0 atom stereocenters. The number of ether oxygens (including phenoxy) is 2. The Hall–Kier alpha value is -4.16. The number of hydrogen-bond acceptors (Lipinski definition) is 8. The third-order valence-electron chi connectivity index (χ3n) is 4.87. The summed E-state index contributed by atoms with van der Waals surface area (Å²) < 4.78 is 26.8. The number of rotatable bonds is 6. The first kappa shape index (κ1) is 31.4. The Bertz CT molecular complexity index is 1510. The van der Waals surface area contributed by atoms with E-state index in [0.717, 1.165) is 12.5 Å². The molecule has 0 unspecified atom stereocenters. The summed E-state index contributed by atoms with van der Waals surface area (Å²) in [4.78, 5) is 34.7. The van der Waals surface area contributed by atoms with Gasteiger partial charge in [-0.15, -0.1) is 0 Å². The number of fused-ring (bicyclic) bond motifs is 1. The van der Waals surface area contributed by atoms with Crippen LogP contribution in [0, 0.1) is 5.82 Å². The molecule has 0 spiro atoms. The molecule has 11 nitrogen and oxygen atoms in total. The number of benzene rings is 1. The molecule has 1 aromatic carbocycles. The number of pyridine rings is 1. The number of aliphatic imine (C=N–C) groups is 1. The van der Waals surface area contributed by atoms with Gasteiger partial charge >= 0.3 is 12.2 Å². The third kappa shape index (κ3) is 7.95. The summed E-state index contributed by atoms with van der Waals surface area (Å²) in [5, 5.41) is 8.01. The summed E-state index contributed by atoms with van der Waals surface area (Å²) in [7, 11) is 0. The number of hydrogen-bond donors (Lipinski definition) is 2. The monoisotopic (exact) mass is 605 g/mol. The SMILES string of the molecule is C=C(/C=C(\N=CN)Nc1ncc(F)c2nn(-c3c(Cl)cccc3Cl)cc12)N(C(=O)OC(C)(C)C)C(=O)OC(C)(C)C. The molecule has 0 aliphatic heterocycles. The second kappa shape index (κ2) is 12.1. The first-order valence-corrected chi connectivity index (χ1v) is 12.9. The van der Waals surface area contributed by atoms with Crippen LogP contribution in [0.3, 0.4) is 0 Å². The lowest BCUT2D eigenvalue weighted by molar-refractivity contribution is 0.00910. The van der Waals surface area contributed by atoms with Crippen molar-refractivity contribution in [3.8, 4) is 5.69 Å². The van der Waals surface area contributed by atoms with E-state index in [2.05, 4.69) is 27.0 Å². The molecule has 2 amide bonds. The highest BCUT2D eigenvalue weighted by molar-refractivity contribution is 6.37. The minimum absolute atomic E-state index is 0.0152. The number of nitrogens with zero attached hydrogens (tertiary/aromatic N) is 5. The Labute approximate surface area is 246 Å². The van der Waals surface area contributed by atoms with E-state index in [0.29, 0.717) is 20.6 Å². The van der Waals surface area contributed by atoms with Crippen molar-refractivity contribution in [1.29, 1.82) is 0 Å². The highest BCUT2D eigenvalue weighted by atomic mass is 35.5. The van der Waals surface area contributed by atoms with Crippen LogP contribution in [-0.2, 0) is 9.47 Å². The van der Waals surface area contributed by atoms with Crippen molar-refractivity contribution in [3.05, 3.63) is 70.6 Å². The Morgan fingerprint density at radius 1 is 1.12 bits per heavy atom. The molecule has 3 N–H and O–H groups in total. The largest absolute Gasteiger partial charge is 0.443 e. The molecule has 0 aliphatic rings. The van der Waals surface area contributed by atoms with Gasteiger partial charge in [0.05, 0.1) is 33.7 Å². The number of nitrogens with two attached hydrogens (primary N) is 1. The number of anilines is 1. The van der Waals surface area contributed by atoms with Crippen molar-refractivity contribution < 1.29 is 23.5 Å². The molecule has 41 heavy (non-hydrogen) atoms. The molecule has 0 fully saturated rings. The van der Waals surface area contributed by atoms with Gasteiger partial charge in [0.1, 0.15) is 34.0 Å². The zero-order chi connectivity index (χ0) is 30.7. The van der Waals surface area contributed by atoms with Crippen LogP contribution < -0.4 is 11.1 Å². The van der Waals surface area contributed by atoms with Crippen LogP contribution in [-0.4, -0.2) is 49.4 Å². The first-order chi connectivity index (χ1) is 19.0. The van der Waals surface area contributed by atoms with Crippen LogP contribution in [0.1, 0.15) is 41.5 Å². The van der Waals surface area contributed by atoms with Crippen LogP contribution in [0.15, 0.2) is 59.8 Å². The standard InChI is InChI=1S/C27H30Cl2FN7O4/c1-15(37(24(38)40-26(2,3)4)25(39)41-27(5,6)7)11-20(33-14-31)34-23-16-13-36(35-21(16)19(30)12-32-23)22-17(28)9-8-10-18(22)29/h8-14H,1H2,2-7H3,(H2,31,33)(H,32,34)/b20-11+. The smallest absolute Gasteiger partial charge is 0.424 e. The van der Waals surface area contributed by atoms with Crippen LogP contribution in [0.25, 0.3) is 16.6 Å². The fraction of sp³-hybridized carbons (Fsp3) is 0.296. The molecule has 0 aliphatic carbocycles. The predicted octanol–water partition coefficient (Wildman–Crippen LogP) is 6.79. The zero-order valence-corrected chi connectivity index (χ0v) is 24.8. The fourth-order valence-corrected chi connectivity index (χ4v) is 3.92. The van der Waals surface area contributed by atoms with E-state index < -0.39 is 29.2 Å². The first-order valence-electron chi connectivity index (χ1n) is 12.2. The molecule has 3 rings (SSSR count). The lowest BCUT2D eigenvalue weighted by Crippen LogP contribution is -2.42. The van der Waals surface area contributed by atoms with Gasteiger partial charge in [-0.2, -0.15) is 10.00 Å². The van der Waals surface area contributed by atoms with E-state index in [1.165, 1.54) is 17.0 Å². The van der Waals surface area contributed by atoms with Gasteiger partial charge in [0.15, 0.2) is 5.82 Å². The summed E-state index contributed by atoms with van der Waals surface area (Å²) in [6.07, 6.45) is 2.60. The molecule has 3 aromatic rings. The average molecular weight is 606 g/mol. The number of carbonyl (C=O) groups is 2. The van der Waals surface area contributed by atoms with Crippen molar-refractivity contribution >= 4 is 58.4 Å². The topological polar surface area (TPSA) is 137 Å². The Kier molecular flexibility index (Phi) is 9.30. The quantitative estimate of drug-likeness (QED) is 0.178. The summed E-state index contributed by atoms with van der Waals surface area (Å²) in [6, 6.07) is 4.90. The Morgan fingerprint density at radius 2 is 1.68 bits per heavy atom. The molecule has 218 valence electrons. The van der Waals surface area contributed by atoms with E-state index in [1.807, 2.05) is 0 Å². The highest BCUT2D eigenvalue weighted by Gasteiger charge is 2.33. The van der Waals surface area contributed by atoms with Crippen LogP contribution >= 0.6 is 23.2 Å². The van der Waals surface area contributed by atoms with E-state index in [4.69, 9.17) is 38.4 Å². The zero-order valence-electron chi connectivity index (χ0n) is 23.3. The van der Waals surface area contributed by atoms with Crippen molar-refractivity contribution in [3.63, 3.8) is 0 Å². The maximum absolute atomic E-state index is 14.7. The van der Waals surface area contributed by atoms with Gasteiger partial charge in [0.25, 0.3) is 0 Å². The molecular formula is C27H30Cl2FN7O4. The molecule has 0 saturated heterocycles. The third-order valence-corrected chi connectivity index (χ3v) is 5.48. The van der Waals surface area contributed by atoms with Gasteiger partial charge in [0, 0.05) is 12.3 Å². The summed E-state index contributed by atoms with van der Waals surface area (Å²) >= 11 is 12.6. The van der Waals surface area contributed by atoms with E-state index in [1.54, 1.807) is 59.7 Å². The number of halogens is 3. The van der Waals surface area contributed by atoms with Crippen molar-refractivity contribution in [2.75, 3.05) is 5.32 Å². The molecule has 0 radical (unpaired) electrons. The summed E-state index contributed by atoms with van der Waals surface area (Å²) in [5.41, 5.74) is 3.82. The van der Waals surface area contributed by atoms with Crippen molar-refractivity contribution in [2.24, 2.45) is 10.7 Å². The Morgan fingerprint density at radius 3 is 2.20 bits per heavy atom. The number of amides is 2.